The van der Waals surface area contributed by atoms with Gasteiger partial charge < -0.3 is 0 Å². The Morgan fingerprint density at radius 2 is 1.89 bits per heavy atom. The number of rotatable bonds is 3. The van der Waals surface area contributed by atoms with Gasteiger partial charge in [0.05, 0.1) is 17.3 Å². The molecule has 0 aliphatic heterocycles. The van der Waals surface area contributed by atoms with E-state index in [1.807, 2.05) is 6.07 Å². The fourth-order valence-corrected chi connectivity index (χ4v) is 5.13. The summed E-state index contributed by atoms with van der Waals surface area (Å²) >= 11 is 4.39. The lowest BCUT2D eigenvalue weighted by Crippen LogP contribution is -2.26. The highest BCUT2D eigenvalue weighted by atomic mass is 79.9. The molecule has 1 heterocycles. The number of halogens is 1. The van der Waals surface area contributed by atoms with Crippen molar-refractivity contribution in [2.45, 2.75) is 4.21 Å². The molecular weight excluding hydrogens is 348 g/mol. The maximum absolute atomic E-state index is 12.4. The van der Waals surface area contributed by atoms with Gasteiger partial charge in [0.15, 0.2) is 4.21 Å². The number of anilines is 1. The highest BCUT2D eigenvalue weighted by Gasteiger charge is 2.25. The lowest BCUT2D eigenvalue weighted by molar-refractivity contribution is 0.596. The average Bonchev–Trinajstić information content (AvgIpc) is 2.85. The molecule has 0 bridgehead atoms. The van der Waals surface area contributed by atoms with Crippen LogP contribution >= 0.6 is 27.3 Å². The van der Waals surface area contributed by atoms with Gasteiger partial charge in [0.25, 0.3) is 10.0 Å². The van der Waals surface area contributed by atoms with Crippen molar-refractivity contribution in [3.05, 3.63) is 45.7 Å². The van der Waals surface area contributed by atoms with Crippen LogP contribution in [0.25, 0.3) is 0 Å². The number of thiophene rings is 1. The van der Waals surface area contributed by atoms with Crippen LogP contribution in [-0.4, -0.2) is 15.5 Å². The van der Waals surface area contributed by atoms with E-state index in [1.165, 1.54) is 11.4 Å². The molecule has 0 aliphatic rings. The number of sulfonamides is 1. The number of nitriles is 1. The Balaban J connectivity index is 2.41. The largest absolute Gasteiger partial charge is 0.274 e. The van der Waals surface area contributed by atoms with Gasteiger partial charge in [-0.15, -0.1) is 11.3 Å². The first-order valence-corrected chi connectivity index (χ1v) is 8.30. The van der Waals surface area contributed by atoms with Crippen molar-refractivity contribution in [1.29, 1.82) is 5.26 Å². The molecule has 2 rings (SSSR count). The summed E-state index contributed by atoms with van der Waals surface area (Å²) in [6.45, 7) is 0. The zero-order chi connectivity index (χ0) is 14.0. The van der Waals surface area contributed by atoms with Crippen molar-refractivity contribution in [1.82, 2.24) is 0 Å². The summed E-state index contributed by atoms with van der Waals surface area (Å²) in [6.07, 6.45) is 0. The fourth-order valence-electron chi connectivity index (χ4n) is 1.47. The quantitative estimate of drug-likeness (QED) is 0.848. The highest BCUT2D eigenvalue weighted by molar-refractivity contribution is 9.10. The summed E-state index contributed by atoms with van der Waals surface area (Å²) in [4.78, 5) is 0. The van der Waals surface area contributed by atoms with E-state index in [2.05, 4.69) is 15.9 Å². The first kappa shape index (κ1) is 14.1. The second-order valence-electron chi connectivity index (χ2n) is 3.69. The van der Waals surface area contributed by atoms with Crippen LogP contribution in [0.4, 0.5) is 5.69 Å². The van der Waals surface area contributed by atoms with Gasteiger partial charge in [0, 0.05) is 11.5 Å². The summed E-state index contributed by atoms with van der Waals surface area (Å²) in [5.74, 6) is 0. The molecule has 0 aliphatic carbocycles. The normalized spacial score (nSPS) is 11.0. The van der Waals surface area contributed by atoms with E-state index in [4.69, 9.17) is 5.26 Å². The highest BCUT2D eigenvalue weighted by Crippen LogP contribution is 2.31. The Morgan fingerprint density at radius 1 is 1.26 bits per heavy atom. The predicted octanol–water partition coefficient (Wildman–Crippen LogP) is 3.21. The van der Waals surface area contributed by atoms with E-state index in [0.717, 1.165) is 11.3 Å². The molecule has 0 atom stereocenters. The van der Waals surface area contributed by atoms with Crippen molar-refractivity contribution in [2.24, 2.45) is 0 Å². The molecular formula is C12H9BrN2O2S2. The molecule has 0 fully saturated rings. The second kappa shape index (κ2) is 5.33. The molecule has 0 amide bonds. The maximum atomic E-state index is 12.4. The molecule has 4 nitrogen and oxygen atoms in total. The minimum absolute atomic E-state index is 0.263. The predicted molar refractivity (Wildman–Crippen MR) is 78.8 cm³/mol. The van der Waals surface area contributed by atoms with Crippen molar-refractivity contribution in [3.8, 4) is 6.07 Å². The van der Waals surface area contributed by atoms with Crippen molar-refractivity contribution in [2.75, 3.05) is 11.4 Å². The van der Waals surface area contributed by atoms with Crippen molar-refractivity contribution in [3.63, 3.8) is 0 Å². The zero-order valence-corrected chi connectivity index (χ0v) is 13.1. The summed E-state index contributed by atoms with van der Waals surface area (Å²) in [5.41, 5.74) is 1.01. The monoisotopic (exact) mass is 356 g/mol. The SMILES string of the molecule is CN(c1ccc(C#N)cc1)S(=O)(=O)c1sccc1Br. The molecule has 1 aromatic carbocycles. The summed E-state index contributed by atoms with van der Waals surface area (Å²) < 4.78 is 26.8. The van der Waals surface area contributed by atoms with E-state index < -0.39 is 10.0 Å². The van der Waals surface area contributed by atoms with Crippen LogP contribution in [0.5, 0.6) is 0 Å². The second-order valence-corrected chi connectivity index (χ2v) is 7.62. The summed E-state index contributed by atoms with van der Waals surface area (Å²) in [5, 5.41) is 10.4. The molecule has 7 heteroatoms. The first-order chi connectivity index (χ1) is 8.96. The van der Waals surface area contributed by atoms with E-state index in [0.29, 0.717) is 15.7 Å². The average molecular weight is 357 g/mol. The lowest BCUT2D eigenvalue weighted by Gasteiger charge is -2.18. The third-order valence-corrected chi connectivity index (χ3v) is 6.97. The van der Waals surface area contributed by atoms with Crippen molar-refractivity contribution < 1.29 is 8.42 Å². The van der Waals surface area contributed by atoms with E-state index in [9.17, 15) is 8.42 Å². The zero-order valence-electron chi connectivity index (χ0n) is 9.87. The van der Waals surface area contributed by atoms with Crippen LogP contribution in [0.15, 0.2) is 44.4 Å². The number of hydrogen-bond acceptors (Lipinski definition) is 4. The van der Waals surface area contributed by atoms with Crippen LogP contribution in [0, 0.1) is 11.3 Å². The van der Waals surface area contributed by atoms with E-state index >= 15 is 0 Å². The topological polar surface area (TPSA) is 61.2 Å². The molecule has 0 saturated heterocycles. The number of nitrogens with zero attached hydrogens (tertiary/aromatic N) is 2. The molecule has 2 aromatic rings. The summed E-state index contributed by atoms with van der Waals surface area (Å²) in [6, 6.07) is 10.1. The van der Waals surface area contributed by atoms with Crippen LogP contribution in [-0.2, 0) is 10.0 Å². The minimum Gasteiger partial charge on any atom is -0.269 e. The molecule has 0 unspecified atom stereocenters. The first-order valence-electron chi connectivity index (χ1n) is 5.19. The van der Waals surface area contributed by atoms with Crippen LogP contribution in [0.3, 0.4) is 0 Å². The fraction of sp³-hybridized carbons (Fsp3) is 0.0833. The molecule has 0 radical (unpaired) electrons. The van der Waals surface area contributed by atoms with Gasteiger partial charge >= 0.3 is 0 Å². The minimum atomic E-state index is -3.58. The third kappa shape index (κ3) is 2.66. The van der Waals surface area contributed by atoms with Crippen LogP contribution in [0.1, 0.15) is 5.56 Å². The third-order valence-electron chi connectivity index (χ3n) is 2.54. The van der Waals surface area contributed by atoms with Gasteiger partial charge in [-0.3, -0.25) is 4.31 Å². The van der Waals surface area contributed by atoms with E-state index in [-0.39, 0.29) is 4.21 Å². The Hall–Kier alpha value is -1.36. The molecule has 0 N–H and O–H groups in total. The van der Waals surface area contributed by atoms with Gasteiger partial charge in [0.1, 0.15) is 0 Å². The van der Waals surface area contributed by atoms with Gasteiger partial charge in [-0.1, -0.05) is 0 Å². The van der Waals surface area contributed by atoms with Gasteiger partial charge in [0.2, 0.25) is 0 Å². The van der Waals surface area contributed by atoms with Crippen LogP contribution in [0.2, 0.25) is 0 Å². The van der Waals surface area contributed by atoms with Gasteiger partial charge in [-0.25, -0.2) is 8.42 Å². The Morgan fingerprint density at radius 3 is 2.37 bits per heavy atom. The van der Waals surface area contributed by atoms with Gasteiger partial charge in [-0.05, 0) is 51.6 Å². The lowest BCUT2D eigenvalue weighted by atomic mass is 10.2. The van der Waals surface area contributed by atoms with E-state index in [1.54, 1.807) is 35.7 Å². The van der Waals surface area contributed by atoms with Crippen molar-refractivity contribution >= 4 is 43.0 Å². The van der Waals surface area contributed by atoms with Crippen LogP contribution < -0.4 is 4.31 Å². The number of hydrogen-bond donors (Lipinski definition) is 0. The summed E-state index contributed by atoms with van der Waals surface area (Å²) in [7, 11) is -2.09. The Kier molecular flexibility index (Phi) is 3.94. The number of benzene rings is 1. The Labute approximate surface area is 124 Å². The smallest absolute Gasteiger partial charge is 0.269 e. The van der Waals surface area contributed by atoms with Gasteiger partial charge in [-0.2, -0.15) is 5.26 Å². The molecule has 98 valence electrons. The molecule has 1 aromatic heterocycles. The Bertz CT molecular complexity index is 730. The molecule has 0 saturated carbocycles. The maximum Gasteiger partial charge on any atom is 0.274 e. The molecule has 19 heavy (non-hydrogen) atoms. The molecule has 0 spiro atoms. The standard InChI is InChI=1S/C12H9BrN2O2S2/c1-15(10-4-2-9(8-14)3-5-10)19(16,17)12-11(13)6-7-18-12/h2-7H,1H3.